The number of furan rings is 1. The molecule has 5 atom stereocenters. The minimum absolute atomic E-state index is 0.0636. The molecule has 58 heavy (non-hydrogen) atoms. The number of pyridine rings is 1. The van der Waals surface area contributed by atoms with Gasteiger partial charge >= 0.3 is 6.09 Å². The van der Waals surface area contributed by atoms with Gasteiger partial charge in [0.25, 0.3) is 5.91 Å². The Morgan fingerprint density at radius 2 is 1.78 bits per heavy atom. The van der Waals surface area contributed by atoms with Crippen molar-refractivity contribution in [2.75, 3.05) is 6.54 Å². The van der Waals surface area contributed by atoms with Crippen LogP contribution in [0.25, 0.3) is 33.0 Å². The number of sulfonamides is 1. The Labute approximate surface area is 333 Å². The van der Waals surface area contributed by atoms with Gasteiger partial charge in [0.05, 0.1) is 17.3 Å². The number of aromatic nitrogens is 1. The summed E-state index contributed by atoms with van der Waals surface area (Å²) in [7, 11) is -3.96. The first-order valence-corrected chi connectivity index (χ1v) is 21.2. The highest BCUT2D eigenvalue weighted by Crippen LogP contribution is 2.46. The molecule has 2 aromatic heterocycles. The van der Waals surface area contributed by atoms with Gasteiger partial charge in [-0.05, 0) is 89.6 Å². The monoisotopic (exact) mass is 821 g/mol. The zero-order valence-electron chi connectivity index (χ0n) is 32.3. The van der Waals surface area contributed by atoms with Crippen molar-refractivity contribution >= 4 is 66.8 Å². The van der Waals surface area contributed by atoms with Crippen molar-refractivity contribution < 1.29 is 50.3 Å². The first-order chi connectivity index (χ1) is 27.5. The largest absolute Gasteiger partial charge is 0.484 e. The number of alkyl carbamates (subject to hydrolysis) is 1. The highest BCUT2D eigenvalue weighted by molar-refractivity contribution is 7.91. The summed E-state index contributed by atoms with van der Waals surface area (Å²) in [4.78, 5) is 62.0. The molecular weight excluding hydrogens is 777 g/mol. The van der Waals surface area contributed by atoms with Gasteiger partial charge in [0.15, 0.2) is 11.3 Å². The normalized spacial score (nSPS) is 26.3. The molecule has 1 saturated heterocycles. The van der Waals surface area contributed by atoms with Crippen LogP contribution in [0.1, 0.15) is 78.6 Å². The van der Waals surface area contributed by atoms with Crippen molar-refractivity contribution in [2.45, 2.75) is 113 Å². The lowest BCUT2D eigenvalue weighted by atomic mass is 10.0. The van der Waals surface area contributed by atoms with Crippen molar-refractivity contribution in [3.8, 4) is 5.75 Å². The van der Waals surface area contributed by atoms with Crippen LogP contribution < -0.4 is 20.1 Å². The van der Waals surface area contributed by atoms with Gasteiger partial charge in [0.1, 0.15) is 52.1 Å². The SMILES string of the molecule is CC(C)(C)OC(=O)N[C@H]1CCCCC/C=C\[C@@H]2C[C@@]2(C(=O)NS(=O)(=O)C2CC2)NC(=O)[C@@H]2C[C@@H](Oc3c4cc(F)ccc4nc4c3oc3cc(F)ccc34)CN2C1=O. The minimum atomic E-state index is -3.96. The first kappa shape index (κ1) is 39.5. The zero-order valence-corrected chi connectivity index (χ0v) is 33.1. The summed E-state index contributed by atoms with van der Waals surface area (Å²) in [6.45, 7) is 4.90. The molecule has 4 aromatic rings. The molecule has 2 aliphatic carbocycles. The van der Waals surface area contributed by atoms with Crippen LogP contribution in [0.5, 0.6) is 5.75 Å². The molecule has 2 aliphatic heterocycles. The van der Waals surface area contributed by atoms with E-state index in [2.05, 4.69) is 20.3 Å². The van der Waals surface area contributed by atoms with E-state index in [0.29, 0.717) is 48.5 Å². The number of hydrogen-bond acceptors (Lipinski definition) is 10. The first-order valence-electron chi connectivity index (χ1n) is 19.6. The molecule has 17 heteroatoms. The zero-order chi connectivity index (χ0) is 41.1. The smallest absolute Gasteiger partial charge is 0.408 e. The summed E-state index contributed by atoms with van der Waals surface area (Å²) in [6.07, 6.45) is 5.74. The molecule has 0 radical (unpaired) electrons. The van der Waals surface area contributed by atoms with Crippen molar-refractivity contribution in [3.05, 3.63) is 60.2 Å². The third-order valence-corrected chi connectivity index (χ3v) is 12.9. The van der Waals surface area contributed by atoms with Crippen LogP contribution in [0.15, 0.2) is 53.0 Å². The third kappa shape index (κ3) is 7.92. The molecule has 3 fully saturated rings. The second-order valence-corrected chi connectivity index (χ2v) is 18.7. The van der Waals surface area contributed by atoms with Gasteiger partial charge in [-0.15, -0.1) is 0 Å². The van der Waals surface area contributed by atoms with Gasteiger partial charge < -0.3 is 29.4 Å². The standard InChI is InChI=1S/C41H45F2N5O9S/c1-40(2,3)57-39(52)45-30-10-8-6-4-5-7-9-22-20-41(22,38(51)47-58(53,54)26-13-14-26)46-36(49)31-19-25(21-48(31)37(30)50)55-34-28-17-23(42)12-16-29(28)44-33-27-15-11-24(43)18-32(27)56-35(33)34/h7,9,11-12,15-18,22,25-26,30-31H,4-6,8,10,13-14,19-21H2,1-3H3,(H,45,52)(H,46,49)(H,47,51)/b9-7-/t22-,25-,30+,31+,41-/m1/s1. The minimum Gasteiger partial charge on any atom is -0.484 e. The summed E-state index contributed by atoms with van der Waals surface area (Å²) in [5, 5.41) is 5.57. The predicted octanol–water partition coefficient (Wildman–Crippen LogP) is 5.66. The third-order valence-electron chi connectivity index (χ3n) is 11.1. The summed E-state index contributed by atoms with van der Waals surface area (Å²) in [5.74, 6) is -3.75. The Morgan fingerprint density at radius 1 is 1.02 bits per heavy atom. The van der Waals surface area contributed by atoms with Crippen molar-refractivity contribution in [1.29, 1.82) is 0 Å². The number of halogens is 2. The molecule has 0 unspecified atom stereocenters. The van der Waals surface area contributed by atoms with E-state index in [1.165, 1.54) is 41.3 Å². The van der Waals surface area contributed by atoms with Crippen LogP contribution in [0.2, 0.25) is 0 Å². The van der Waals surface area contributed by atoms with Gasteiger partial charge in [0, 0.05) is 29.2 Å². The van der Waals surface area contributed by atoms with Crippen LogP contribution in [-0.4, -0.2) is 83.2 Å². The summed E-state index contributed by atoms with van der Waals surface area (Å²) in [6, 6.07) is 5.53. The van der Waals surface area contributed by atoms with E-state index in [4.69, 9.17) is 13.9 Å². The molecule has 2 aromatic carbocycles. The molecule has 4 heterocycles. The Bertz CT molecular complexity index is 2480. The Balaban J connectivity index is 1.16. The lowest BCUT2D eigenvalue weighted by molar-refractivity contribution is -0.141. The molecule has 4 amide bonds. The van der Waals surface area contributed by atoms with E-state index in [1.807, 2.05) is 12.2 Å². The van der Waals surface area contributed by atoms with Crippen molar-refractivity contribution in [2.24, 2.45) is 5.92 Å². The fourth-order valence-corrected chi connectivity index (χ4v) is 9.30. The maximum Gasteiger partial charge on any atom is 0.408 e. The van der Waals surface area contributed by atoms with Crippen LogP contribution in [0.3, 0.4) is 0 Å². The summed E-state index contributed by atoms with van der Waals surface area (Å²) >= 11 is 0. The fourth-order valence-electron chi connectivity index (χ4n) is 7.93. The predicted molar refractivity (Wildman–Crippen MR) is 208 cm³/mol. The summed E-state index contributed by atoms with van der Waals surface area (Å²) in [5.41, 5.74) is -1.50. The van der Waals surface area contributed by atoms with Crippen LogP contribution in [0, 0.1) is 17.6 Å². The van der Waals surface area contributed by atoms with Gasteiger partial charge in [-0.2, -0.15) is 0 Å². The van der Waals surface area contributed by atoms with E-state index in [1.54, 1.807) is 20.8 Å². The van der Waals surface area contributed by atoms with E-state index < -0.39 is 86.0 Å². The number of carbonyl (C=O) groups is 4. The van der Waals surface area contributed by atoms with Crippen molar-refractivity contribution in [3.63, 3.8) is 0 Å². The van der Waals surface area contributed by atoms with Crippen LogP contribution >= 0.6 is 0 Å². The number of rotatable bonds is 6. The van der Waals surface area contributed by atoms with Gasteiger partial charge in [0.2, 0.25) is 21.8 Å². The average Bonchev–Trinajstić information content (AvgIpc) is 4.05. The van der Waals surface area contributed by atoms with E-state index in [9.17, 15) is 36.4 Å². The number of hydrogen-bond donors (Lipinski definition) is 3. The number of ether oxygens (including phenoxy) is 2. The van der Waals surface area contributed by atoms with E-state index >= 15 is 0 Å². The maximum atomic E-state index is 14.8. The van der Waals surface area contributed by atoms with Gasteiger partial charge in [-0.25, -0.2) is 27.0 Å². The quantitative estimate of drug-likeness (QED) is 0.205. The number of fused-ring (bicyclic) bond motifs is 6. The topological polar surface area (TPSA) is 186 Å². The van der Waals surface area contributed by atoms with Crippen LogP contribution in [0.4, 0.5) is 13.6 Å². The molecule has 14 nitrogen and oxygen atoms in total. The molecule has 0 bridgehead atoms. The van der Waals surface area contributed by atoms with Crippen molar-refractivity contribution in [1.82, 2.24) is 25.2 Å². The lowest BCUT2D eigenvalue weighted by Gasteiger charge is -2.30. The molecule has 2 saturated carbocycles. The number of allylic oxidation sites excluding steroid dienone is 1. The molecule has 4 aliphatic rings. The number of nitrogens with zero attached hydrogens (tertiary/aromatic N) is 2. The van der Waals surface area contributed by atoms with Gasteiger partial charge in [-0.1, -0.05) is 25.0 Å². The second kappa shape index (κ2) is 14.8. The Kier molecular flexibility index (Phi) is 10.1. The average molecular weight is 822 g/mol. The fraction of sp³-hybridized carbons (Fsp3) is 0.488. The number of amides is 4. The Morgan fingerprint density at radius 3 is 2.53 bits per heavy atom. The second-order valence-electron chi connectivity index (χ2n) is 16.7. The molecule has 308 valence electrons. The Hall–Kier alpha value is -5.32. The molecule has 0 spiro atoms. The van der Waals surface area contributed by atoms with Gasteiger partial charge in [-0.3, -0.25) is 19.1 Å². The lowest BCUT2D eigenvalue weighted by Crippen LogP contribution is -2.58. The number of carbonyl (C=O) groups excluding carboxylic acids is 4. The van der Waals surface area contributed by atoms with Crippen LogP contribution in [-0.2, 0) is 29.1 Å². The highest BCUT2D eigenvalue weighted by Gasteiger charge is 2.62. The number of benzene rings is 2. The molecule has 3 N–H and O–H groups in total. The molecule has 8 rings (SSSR count). The highest BCUT2D eigenvalue weighted by atomic mass is 32.2. The maximum absolute atomic E-state index is 14.8. The van der Waals surface area contributed by atoms with E-state index in [-0.39, 0.29) is 48.1 Å². The molecular formula is C41H45F2N5O9S. The number of nitrogens with one attached hydrogen (secondary N) is 3. The summed E-state index contributed by atoms with van der Waals surface area (Å²) < 4.78 is 75.2. The van der Waals surface area contributed by atoms with E-state index in [0.717, 1.165) is 6.42 Å².